The molecule has 2 aromatic carbocycles. The number of carbonyl (C=O) groups is 3. The Kier molecular flexibility index (Phi) is 5.98. The number of ether oxygens (including phenoxy) is 1. The van der Waals surface area contributed by atoms with Gasteiger partial charge in [0.2, 0.25) is 0 Å². The van der Waals surface area contributed by atoms with Crippen molar-refractivity contribution in [1.82, 2.24) is 15.4 Å². The van der Waals surface area contributed by atoms with Crippen LogP contribution in [-0.2, 0) is 16.1 Å². The van der Waals surface area contributed by atoms with E-state index < -0.39 is 24.0 Å². The summed E-state index contributed by atoms with van der Waals surface area (Å²) in [5.41, 5.74) is 4.97. The van der Waals surface area contributed by atoms with E-state index in [1.807, 2.05) is 36.4 Å². The molecule has 0 bridgehead atoms. The van der Waals surface area contributed by atoms with Gasteiger partial charge in [-0.15, -0.1) is 0 Å². The molecule has 0 spiro atoms. The first kappa shape index (κ1) is 22.6. The second-order valence-corrected chi connectivity index (χ2v) is 8.83. The van der Waals surface area contributed by atoms with Gasteiger partial charge in [-0.05, 0) is 35.6 Å². The standard InChI is InChI=1S/C26H25N3O6/c1-15-16(25(31)32)10-11-29(15)24(30)22-14-35-28-23(22)12-27-26(33)34-13-21-19-8-4-2-6-17(19)18-7-3-5-9-20(18)21/h2-9,14-16,21H,10-13H2,1H3,(H,27,33)(H,31,32). The summed E-state index contributed by atoms with van der Waals surface area (Å²) in [6.45, 7) is 2.17. The lowest BCUT2D eigenvalue weighted by molar-refractivity contribution is -0.142. The first-order chi connectivity index (χ1) is 17.0. The number of carbonyl (C=O) groups excluding carboxylic acids is 2. The second-order valence-electron chi connectivity index (χ2n) is 8.83. The van der Waals surface area contributed by atoms with E-state index in [-0.39, 0.29) is 36.2 Å². The Bertz CT molecular complexity index is 1240. The third-order valence-electron chi connectivity index (χ3n) is 6.95. The van der Waals surface area contributed by atoms with Crippen molar-refractivity contribution in [2.45, 2.75) is 31.8 Å². The number of carboxylic acid groups (broad SMARTS) is 1. The quantitative estimate of drug-likeness (QED) is 0.558. The number of nitrogens with one attached hydrogen (secondary N) is 1. The van der Waals surface area contributed by atoms with Gasteiger partial charge < -0.3 is 24.6 Å². The van der Waals surface area contributed by atoms with Crippen molar-refractivity contribution in [2.75, 3.05) is 13.2 Å². The molecule has 2 N–H and O–H groups in total. The molecule has 2 unspecified atom stereocenters. The maximum absolute atomic E-state index is 13.0. The number of hydrogen-bond acceptors (Lipinski definition) is 6. The fraction of sp³-hybridized carbons (Fsp3) is 0.308. The summed E-state index contributed by atoms with van der Waals surface area (Å²) in [4.78, 5) is 38.3. The summed E-state index contributed by atoms with van der Waals surface area (Å²) in [7, 11) is 0. The minimum absolute atomic E-state index is 0.0567. The van der Waals surface area contributed by atoms with Gasteiger partial charge in [0, 0.05) is 18.5 Å². The van der Waals surface area contributed by atoms with Crippen LogP contribution in [0, 0.1) is 5.92 Å². The molecule has 35 heavy (non-hydrogen) atoms. The third kappa shape index (κ3) is 4.14. The van der Waals surface area contributed by atoms with Gasteiger partial charge in [0.1, 0.15) is 24.1 Å². The Balaban J connectivity index is 1.20. The van der Waals surface area contributed by atoms with E-state index in [4.69, 9.17) is 9.26 Å². The van der Waals surface area contributed by atoms with Crippen LogP contribution in [0.4, 0.5) is 4.79 Å². The summed E-state index contributed by atoms with van der Waals surface area (Å²) >= 11 is 0. The van der Waals surface area contributed by atoms with Gasteiger partial charge in [-0.3, -0.25) is 9.59 Å². The van der Waals surface area contributed by atoms with Gasteiger partial charge in [-0.25, -0.2) is 4.79 Å². The van der Waals surface area contributed by atoms with E-state index in [0.717, 1.165) is 22.3 Å². The highest BCUT2D eigenvalue weighted by molar-refractivity contribution is 5.96. The molecular formula is C26H25N3O6. The zero-order chi connectivity index (χ0) is 24.5. The van der Waals surface area contributed by atoms with Crippen LogP contribution in [0.25, 0.3) is 11.1 Å². The van der Waals surface area contributed by atoms with Crippen LogP contribution in [0.3, 0.4) is 0 Å². The molecule has 9 heteroatoms. The highest BCUT2D eigenvalue weighted by Gasteiger charge is 2.39. The molecule has 9 nitrogen and oxygen atoms in total. The monoisotopic (exact) mass is 475 g/mol. The molecular weight excluding hydrogens is 450 g/mol. The molecule has 180 valence electrons. The molecule has 1 aromatic heterocycles. The molecule has 5 rings (SSSR count). The molecule has 1 aliphatic carbocycles. The SMILES string of the molecule is CC1C(C(=O)O)CCN1C(=O)c1conc1CNC(=O)OCC1c2ccccc2-c2ccccc21. The Morgan fingerprint density at radius 3 is 2.40 bits per heavy atom. The molecule has 1 fully saturated rings. The summed E-state index contributed by atoms with van der Waals surface area (Å²) < 4.78 is 10.5. The molecule has 1 aliphatic heterocycles. The van der Waals surface area contributed by atoms with Crippen LogP contribution in [0.5, 0.6) is 0 Å². The molecule has 1 saturated heterocycles. The number of nitrogens with zero attached hydrogens (tertiary/aromatic N) is 2. The van der Waals surface area contributed by atoms with Gasteiger partial charge in [-0.2, -0.15) is 0 Å². The maximum atomic E-state index is 13.0. The average molecular weight is 476 g/mol. The lowest BCUT2D eigenvalue weighted by Gasteiger charge is -2.22. The summed E-state index contributed by atoms with van der Waals surface area (Å²) in [6.07, 6.45) is 0.979. The minimum atomic E-state index is -0.921. The summed E-state index contributed by atoms with van der Waals surface area (Å²) in [5.74, 6) is -1.96. The summed E-state index contributed by atoms with van der Waals surface area (Å²) in [6, 6.07) is 15.7. The van der Waals surface area contributed by atoms with Crippen LogP contribution in [0.1, 0.15) is 46.4 Å². The largest absolute Gasteiger partial charge is 0.481 e. The zero-order valence-corrected chi connectivity index (χ0v) is 19.1. The molecule has 2 atom stereocenters. The van der Waals surface area contributed by atoms with Crippen molar-refractivity contribution in [3.63, 3.8) is 0 Å². The fourth-order valence-corrected chi connectivity index (χ4v) is 5.08. The predicted octanol–water partition coefficient (Wildman–Crippen LogP) is 3.65. The molecule has 2 heterocycles. The highest BCUT2D eigenvalue weighted by atomic mass is 16.5. The maximum Gasteiger partial charge on any atom is 0.407 e. The lowest BCUT2D eigenvalue weighted by Crippen LogP contribution is -2.38. The second kappa shape index (κ2) is 9.25. The minimum Gasteiger partial charge on any atom is -0.481 e. The van der Waals surface area contributed by atoms with Crippen LogP contribution in [0.2, 0.25) is 0 Å². The van der Waals surface area contributed by atoms with Crippen molar-refractivity contribution in [2.24, 2.45) is 5.92 Å². The zero-order valence-electron chi connectivity index (χ0n) is 19.1. The van der Waals surface area contributed by atoms with Crippen LogP contribution in [0.15, 0.2) is 59.3 Å². The normalized spacial score (nSPS) is 18.7. The van der Waals surface area contributed by atoms with Gasteiger partial charge in [0.15, 0.2) is 0 Å². The van der Waals surface area contributed by atoms with Crippen LogP contribution < -0.4 is 5.32 Å². The Morgan fingerprint density at radius 2 is 1.77 bits per heavy atom. The Morgan fingerprint density at radius 1 is 1.11 bits per heavy atom. The molecule has 2 amide bonds. The summed E-state index contributed by atoms with van der Waals surface area (Å²) in [5, 5.41) is 15.8. The van der Waals surface area contributed by atoms with Crippen molar-refractivity contribution in [1.29, 1.82) is 0 Å². The molecule has 3 aromatic rings. The topological polar surface area (TPSA) is 122 Å². The van der Waals surface area contributed by atoms with Gasteiger partial charge in [-0.1, -0.05) is 53.7 Å². The van der Waals surface area contributed by atoms with E-state index in [1.54, 1.807) is 6.92 Å². The number of amides is 2. The van der Waals surface area contributed by atoms with Gasteiger partial charge >= 0.3 is 12.1 Å². The van der Waals surface area contributed by atoms with Crippen molar-refractivity contribution < 1.29 is 28.8 Å². The van der Waals surface area contributed by atoms with Crippen molar-refractivity contribution >= 4 is 18.0 Å². The number of hydrogen-bond donors (Lipinski definition) is 2. The van der Waals surface area contributed by atoms with E-state index in [0.29, 0.717) is 13.0 Å². The number of alkyl carbamates (subject to hydrolysis) is 1. The highest BCUT2D eigenvalue weighted by Crippen LogP contribution is 2.44. The fourth-order valence-electron chi connectivity index (χ4n) is 5.08. The third-order valence-corrected chi connectivity index (χ3v) is 6.95. The van der Waals surface area contributed by atoms with E-state index in [2.05, 4.69) is 22.6 Å². The molecule has 2 aliphatic rings. The number of benzene rings is 2. The average Bonchev–Trinajstić information content (AvgIpc) is 3.57. The predicted molar refractivity (Wildman–Crippen MR) is 125 cm³/mol. The van der Waals surface area contributed by atoms with Gasteiger partial charge in [0.25, 0.3) is 5.91 Å². The van der Waals surface area contributed by atoms with Crippen molar-refractivity contribution in [3.05, 3.63) is 77.2 Å². The number of rotatable bonds is 6. The Labute approximate surface area is 201 Å². The van der Waals surface area contributed by atoms with E-state index >= 15 is 0 Å². The number of aliphatic carboxylic acids is 1. The molecule has 0 saturated carbocycles. The number of carboxylic acids is 1. The first-order valence-corrected chi connectivity index (χ1v) is 11.5. The molecule has 0 radical (unpaired) electrons. The smallest absolute Gasteiger partial charge is 0.407 e. The lowest BCUT2D eigenvalue weighted by atomic mass is 9.98. The Hall–Kier alpha value is -4.14. The first-order valence-electron chi connectivity index (χ1n) is 11.5. The number of likely N-dealkylation sites (tertiary alicyclic amines) is 1. The number of aromatic nitrogens is 1. The van der Waals surface area contributed by atoms with Gasteiger partial charge in [0.05, 0.1) is 12.5 Å². The van der Waals surface area contributed by atoms with E-state index in [1.165, 1.54) is 11.2 Å². The van der Waals surface area contributed by atoms with Crippen LogP contribution in [-0.4, -0.2) is 52.3 Å². The van der Waals surface area contributed by atoms with E-state index in [9.17, 15) is 19.5 Å². The van der Waals surface area contributed by atoms with Crippen LogP contribution >= 0.6 is 0 Å². The number of fused-ring (bicyclic) bond motifs is 3. The van der Waals surface area contributed by atoms with Crippen molar-refractivity contribution in [3.8, 4) is 11.1 Å².